The Hall–Kier alpha value is 0.270. The topological polar surface area (TPSA) is 21.3 Å². The van der Waals surface area contributed by atoms with Crippen LogP contribution in [0.2, 0.25) is 0 Å². The zero-order valence-corrected chi connectivity index (χ0v) is 10.2. The molecular weight excluding hydrogens is 194 g/mol. The minimum absolute atomic E-state index is 0.775. The maximum atomic E-state index is 5.05. The van der Waals surface area contributed by atoms with Gasteiger partial charge in [0.25, 0.3) is 0 Å². The third kappa shape index (κ3) is 4.67. The molecule has 0 radical (unpaired) electrons. The highest BCUT2D eigenvalue weighted by Crippen LogP contribution is 2.30. The van der Waals surface area contributed by atoms with E-state index in [9.17, 15) is 0 Å². The van der Waals surface area contributed by atoms with Crippen LogP contribution in [0.15, 0.2) is 0 Å². The molecule has 0 aromatic rings. The van der Waals surface area contributed by atoms with Crippen molar-refractivity contribution < 1.29 is 4.74 Å². The molecule has 1 rings (SSSR count). The molecule has 0 aromatic heterocycles. The second-order valence-corrected chi connectivity index (χ2v) is 5.27. The van der Waals surface area contributed by atoms with Gasteiger partial charge in [-0.05, 0) is 25.8 Å². The van der Waals surface area contributed by atoms with Crippen molar-refractivity contribution in [3.63, 3.8) is 0 Å². The molecule has 2 nitrogen and oxygen atoms in total. The third-order valence-electron chi connectivity index (χ3n) is 2.70. The van der Waals surface area contributed by atoms with E-state index in [1.165, 1.54) is 31.4 Å². The molecule has 0 amide bonds. The Morgan fingerprint density at radius 1 is 1.43 bits per heavy atom. The molecule has 1 aliphatic heterocycles. The molecule has 1 aliphatic rings. The summed E-state index contributed by atoms with van der Waals surface area (Å²) in [6, 6.07) is 0.775. The summed E-state index contributed by atoms with van der Waals surface area (Å²) < 4.78 is 5.05. The lowest BCUT2D eigenvalue weighted by atomic mass is 10.1. The Morgan fingerprint density at radius 3 is 3.00 bits per heavy atom. The van der Waals surface area contributed by atoms with E-state index in [1.807, 2.05) is 0 Å². The SMILES string of the molecule is CCNC1CS[C@H](CCCCOC)C1. The van der Waals surface area contributed by atoms with E-state index in [-0.39, 0.29) is 0 Å². The van der Waals surface area contributed by atoms with Crippen LogP contribution in [0.4, 0.5) is 0 Å². The zero-order chi connectivity index (χ0) is 10.2. The molecule has 84 valence electrons. The maximum Gasteiger partial charge on any atom is 0.0462 e. The van der Waals surface area contributed by atoms with Gasteiger partial charge in [-0.3, -0.25) is 0 Å². The lowest BCUT2D eigenvalue weighted by molar-refractivity contribution is 0.192. The normalized spacial score (nSPS) is 27.0. The van der Waals surface area contributed by atoms with Gasteiger partial charge in [0.15, 0.2) is 0 Å². The molecule has 1 fully saturated rings. The lowest BCUT2D eigenvalue weighted by Gasteiger charge is -2.10. The Kier molecular flexibility index (Phi) is 6.65. The minimum Gasteiger partial charge on any atom is -0.385 e. The van der Waals surface area contributed by atoms with E-state index < -0.39 is 0 Å². The largest absolute Gasteiger partial charge is 0.385 e. The molecule has 1 heterocycles. The first-order valence-electron chi connectivity index (χ1n) is 5.70. The van der Waals surface area contributed by atoms with Gasteiger partial charge in [0.2, 0.25) is 0 Å². The second kappa shape index (κ2) is 7.55. The number of ether oxygens (including phenoxy) is 1. The molecule has 14 heavy (non-hydrogen) atoms. The predicted molar refractivity (Wildman–Crippen MR) is 64.1 cm³/mol. The van der Waals surface area contributed by atoms with Gasteiger partial charge in [0.1, 0.15) is 0 Å². The van der Waals surface area contributed by atoms with Crippen LogP contribution in [0.3, 0.4) is 0 Å². The zero-order valence-electron chi connectivity index (χ0n) is 9.42. The van der Waals surface area contributed by atoms with Crippen LogP contribution in [-0.2, 0) is 4.74 Å². The smallest absolute Gasteiger partial charge is 0.0462 e. The fourth-order valence-corrected chi connectivity index (χ4v) is 3.42. The summed E-state index contributed by atoms with van der Waals surface area (Å²) in [5.74, 6) is 1.31. The van der Waals surface area contributed by atoms with Crippen LogP contribution in [0.25, 0.3) is 0 Å². The van der Waals surface area contributed by atoms with Crippen molar-refractivity contribution in [3.8, 4) is 0 Å². The molecule has 0 saturated carbocycles. The van der Waals surface area contributed by atoms with E-state index >= 15 is 0 Å². The van der Waals surface area contributed by atoms with Crippen molar-refractivity contribution in [2.45, 2.75) is 43.9 Å². The van der Waals surface area contributed by atoms with E-state index in [0.29, 0.717) is 0 Å². The molecule has 1 unspecified atom stereocenters. The van der Waals surface area contributed by atoms with E-state index in [0.717, 1.165) is 24.4 Å². The van der Waals surface area contributed by atoms with Gasteiger partial charge >= 0.3 is 0 Å². The van der Waals surface area contributed by atoms with Gasteiger partial charge in [-0.2, -0.15) is 11.8 Å². The first-order chi connectivity index (χ1) is 6.86. The van der Waals surface area contributed by atoms with E-state index in [2.05, 4.69) is 24.0 Å². The van der Waals surface area contributed by atoms with Crippen molar-refractivity contribution in [3.05, 3.63) is 0 Å². The van der Waals surface area contributed by atoms with Gasteiger partial charge in [-0.1, -0.05) is 13.3 Å². The number of unbranched alkanes of at least 4 members (excludes halogenated alkanes) is 1. The number of hydrogen-bond donors (Lipinski definition) is 1. The van der Waals surface area contributed by atoms with Gasteiger partial charge in [-0.25, -0.2) is 0 Å². The predicted octanol–water partition coefficient (Wildman–Crippen LogP) is 2.29. The molecule has 0 spiro atoms. The molecule has 0 aromatic carbocycles. The van der Waals surface area contributed by atoms with Crippen LogP contribution in [-0.4, -0.2) is 37.3 Å². The van der Waals surface area contributed by atoms with Crippen LogP contribution >= 0.6 is 11.8 Å². The van der Waals surface area contributed by atoms with E-state index in [1.54, 1.807) is 7.11 Å². The van der Waals surface area contributed by atoms with Crippen LogP contribution in [0, 0.1) is 0 Å². The summed E-state index contributed by atoms with van der Waals surface area (Å²) in [5.41, 5.74) is 0. The number of methoxy groups -OCH3 is 1. The molecule has 1 saturated heterocycles. The third-order valence-corrected chi connectivity index (χ3v) is 4.19. The van der Waals surface area contributed by atoms with Gasteiger partial charge in [-0.15, -0.1) is 0 Å². The Morgan fingerprint density at radius 2 is 2.29 bits per heavy atom. The first kappa shape index (κ1) is 12.3. The molecule has 1 N–H and O–H groups in total. The minimum atomic E-state index is 0.775. The monoisotopic (exact) mass is 217 g/mol. The van der Waals surface area contributed by atoms with Gasteiger partial charge < -0.3 is 10.1 Å². The van der Waals surface area contributed by atoms with Crippen molar-refractivity contribution in [1.82, 2.24) is 5.32 Å². The highest BCUT2D eigenvalue weighted by atomic mass is 32.2. The summed E-state index contributed by atoms with van der Waals surface area (Å²) in [6.07, 6.45) is 5.28. The Labute approximate surface area is 92.2 Å². The fourth-order valence-electron chi connectivity index (χ4n) is 1.96. The summed E-state index contributed by atoms with van der Waals surface area (Å²) in [6.45, 7) is 4.23. The molecule has 0 bridgehead atoms. The van der Waals surface area contributed by atoms with Crippen LogP contribution in [0.5, 0.6) is 0 Å². The lowest BCUT2D eigenvalue weighted by Crippen LogP contribution is -2.28. The van der Waals surface area contributed by atoms with Crippen molar-refractivity contribution in [1.29, 1.82) is 0 Å². The quantitative estimate of drug-likeness (QED) is 0.661. The fraction of sp³-hybridized carbons (Fsp3) is 1.00. The van der Waals surface area contributed by atoms with Gasteiger partial charge in [0.05, 0.1) is 0 Å². The number of nitrogens with one attached hydrogen (secondary N) is 1. The second-order valence-electron chi connectivity index (χ2n) is 3.93. The van der Waals surface area contributed by atoms with Crippen LogP contribution < -0.4 is 5.32 Å². The van der Waals surface area contributed by atoms with Crippen molar-refractivity contribution in [2.24, 2.45) is 0 Å². The van der Waals surface area contributed by atoms with E-state index in [4.69, 9.17) is 4.74 Å². The number of thioether (sulfide) groups is 1. The van der Waals surface area contributed by atoms with Crippen molar-refractivity contribution in [2.75, 3.05) is 26.0 Å². The molecule has 2 atom stereocenters. The standard InChI is InChI=1S/C11H23NOS/c1-3-12-10-8-11(14-9-10)6-4-5-7-13-2/h10-12H,3-9H2,1-2H3/t10?,11-/m1/s1. The Bertz CT molecular complexity index is 143. The Balaban J connectivity index is 1.98. The summed E-state index contributed by atoms with van der Waals surface area (Å²) in [4.78, 5) is 0. The van der Waals surface area contributed by atoms with Gasteiger partial charge in [0, 0.05) is 30.8 Å². The number of rotatable bonds is 7. The molecular formula is C11H23NOS. The average molecular weight is 217 g/mol. The first-order valence-corrected chi connectivity index (χ1v) is 6.75. The number of hydrogen-bond acceptors (Lipinski definition) is 3. The summed E-state index contributed by atoms with van der Waals surface area (Å²) >= 11 is 2.15. The highest BCUT2D eigenvalue weighted by Gasteiger charge is 2.23. The average Bonchev–Trinajstić information content (AvgIpc) is 2.61. The summed E-state index contributed by atoms with van der Waals surface area (Å²) in [5, 5.41) is 4.43. The summed E-state index contributed by atoms with van der Waals surface area (Å²) in [7, 11) is 1.78. The molecule has 3 heteroatoms. The van der Waals surface area contributed by atoms with Crippen LogP contribution in [0.1, 0.15) is 32.6 Å². The van der Waals surface area contributed by atoms with Crippen molar-refractivity contribution >= 4 is 11.8 Å². The molecule has 0 aliphatic carbocycles. The highest BCUT2D eigenvalue weighted by molar-refractivity contribution is 8.00. The maximum absolute atomic E-state index is 5.05.